The zero-order valence-corrected chi connectivity index (χ0v) is 20.8. The molecular formula is C29H48O2. The van der Waals surface area contributed by atoms with E-state index in [-0.39, 0.29) is 5.79 Å². The lowest BCUT2D eigenvalue weighted by Gasteiger charge is -2.61. The Bertz CT molecular complexity index is 680. The van der Waals surface area contributed by atoms with Crippen molar-refractivity contribution in [3.63, 3.8) is 0 Å². The van der Waals surface area contributed by atoms with E-state index in [0.29, 0.717) is 22.9 Å². The SMILES string of the molecule is CC[C@H]1CC[C@@]2(OC1)O[C@H]1C[C@H]3[C@@H]4CC[C@@H]5CCCC[C@]5(C)[C@H]4CC[C@]3(C)[C@H]1[C@@H]2CC. The standard InChI is InChI=1S/C29H48O2/c1-5-19-12-16-29(30-18-19)22(6-2)26-25(31-29)17-24-21-11-10-20-9-7-8-14-27(20,3)23(21)13-15-28(24,26)4/h19-26H,5-18H2,1-4H3/t19-,20-,21+,22-,23-,24-,25-,26-,27-,28-,29+/m0/s1. The van der Waals surface area contributed by atoms with E-state index in [0.717, 1.165) is 48.5 Å². The second kappa shape index (κ2) is 7.46. The number of fused-ring (bicyclic) bond motifs is 7. The van der Waals surface area contributed by atoms with Crippen LogP contribution in [-0.4, -0.2) is 18.5 Å². The lowest BCUT2D eigenvalue weighted by Crippen LogP contribution is -2.54. The van der Waals surface area contributed by atoms with Gasteiger partial charge in [0.1, 0.15) is 0 Å². The maximum absolute atomic E-state index is 7.06. The third-order valence-electron chi connectivity index (χ3n) is 12.5. The summed E-state index contributed by atoms with van der Waals surface area (Å²) in [5.74, 6) is 5.75. The molecule has 2 aliphatic heterocycles. The average Bonchev–Trinajstić information content (AvgIpc) is 3.23. The van der Waals surface area contributed by atoms with E-state index in [2.05, 4.69) is 27.7 Å². The first-order chi connectivity index (χ1) is 14.9. The van der Waals surface area contributed by atoms with Crippen molar-refractivity contribution < 1.29 is 9.47 Å². The van der Waals surface area contributed by atoms with Crippen molar-refractivity contribution in [1.82, 2.24) is 0 Å². The Balaban J connectivity index is 1.27. The first-order valence-corrected chi connectivity index (χ1v) is 14.3. The van der Waals surface area contributed by atoms with Crippen LogP contribution >= 0.6 is 0 Å². The first-order valence-electron chi connectivity index (χ1n) is 14.3. The second-order valence-electron chi connectivity index (χ2n) is 13.3. The van der Waals surface area contributed by atoms with Gasteiger partial charge in [-0.05, 0) is 104 Å². The topological polar surface area (TPSA) is 18.5 Å². The minimum atomic E-state index is -0.242. The molecule has 11 atom stereocenters. The molecule has 0 aromatic rings. The Kier molecular flexibility index (Phi) is 5.16. The summed E-state index contributed by atoms with van der Waals surface area (Å²) < 4.78 is 13.7. The molecule has 2 heteroatoms. The highest BCUT2D eigenvalue weighted by Crippen LogP contribution is 2.71. The van der Waals surface area contributed by atoms with Gasteiger partial charge in [0.25, 0.3) is 0 Å². The van der Waals surface area contributed by atoms with Gasteiger partial charge in [-0.1, -0.05) is 47.0 Å². The maximum atomic E-state index is 7.06. The minimum absolute atomic E-state index is 0.242. The van der Waals surface area contributed by atoms with Gasteiger partial charge in [0.2, 0.25) is 0 Å². The van der Waals surface area contributed by atoms with Crippen LogP contribution in [0.2, 0.25) is 0 Å². The quantitative estimate of drug-likeness (QED) is 0.451. The van der Waals surface area contributed by atoms with E-state index in [1.54, 1.807) is 0 Å². The lowest BCUT2D eigenvalue weighted by molar-refractivity contribution is -0.277. The molecule has 2 nitrogen and oxygen atoms in total. The number of ether oxygens (including phenoxy) is 2. The highest BCUT2D eigenvalue weighted by molar-refractivity contribution is 5.15. The fraction of sp³-hybridized carbons (Fsp3) is 1.00. The van der Waals surface area contributed by atoms with Crippen LogP contribution in [0.1, 0.15) is 111 Å². The monoisotopic (exact) mass is 428 g/mol. The molecule has 0 N–H and O–H groups in total. The first kappa shape index (κ1) is 21.5. The highest BCUT2D eigenvalue weighted by Gasteiger charge is 2.69. The smallest absolute Gasteiger partial charge is 0.171 e. The summed E-state index contributed by atoms with van der Waals surface area (Å²) in [6, 6.07) is 0. The van der Waals surface area contributed by atoms with Crippen LogP contribution in [0.5, 0.6) is 0 Å². The van der Waals surface area contributed by atoms with Gasteiger partial charge in [-0.15, -0.1) is 0 Å². The molecule has 6 aliphatic rings. The number of rotatable bonds is 2. The van der Waals surface area contributed by atoms with Crippen LogP contribution in [0, 0.1) is 52.3 Å². The van der Waals surface area contributed by atoms with Crippen LogP contribution < -0.4 is 0 Å². The Hall–Kier alpha value is -0.0800. The molecule has 4 saturated carbocycles. The summed E-state index contributed by atoms with van der Waals surface area (Å²) in [5, 5.41) is 0. The molecular weight excluding hydrogens is 380 g/mol. The Morgan fingerprint density at radius 3 is 2.42 bits per heavy atom. The van der Waals surface area contributed by atoms with Crippen molar-refractivity contribution in [2.24, 2.45) is 52.3 Å². The van der Waals surface area contributed by atoms with Crippen LogP contribution in [0.3, 0.4) is 0 Å². The van der Waals surface area contributed by atoms with Crippen LogP contribution in [0.15, 0.2) is 0 Å². The molecule has 0 aromatic heterocycles. The molecule has 176 valence electrons. The Morgan fingerprint density at radius 1 is 0.806 bits per heavy atom. The van der Waals surface area contributed by atoms with Crippen molar-refractivity contribution in [2.45, 2.75) is 123 Å². The van der Waals surface area contributed by atoms with Gasteiger partial charge >= 0.3 is 0 Å². The minimum Gasteiger partial charge on any atom is -0.349 e. The summed E-state index contributed by atoms with van der Waals surface area (Å²) in [5.41, 5.74) is 1.13. The summed E-state index contributed by atoms with van der Waals surface area (Å²) in [6.45, 7) is 11.1. The molecule has 0 bridgehead atoms. The fourth-order valence-electron chi connectivity index (χ4n) is 10.9. The number of hydrogen-bond acceptors (Lipinski definition) is 2. The molecule has 0 aromatic carbocycles. The van der Waals surface area contributed by atoms with Crippen molar-refractivity contribution in [3.8, 4) is 0 Å². The van der Waals surface area contributed by atoms with E-state index in [1.165, 1.54) is 77.0 Å². The largest absolute Gasteiger partial charge is 0.349 e. The van der Waals surface area contributed by atoms with Crippen molar-refractivity contribution in [2.75, 3.05) is 6.61 Å². The van der Waals surface area contributed by atoms with Crippen molar-refractivity contribution in [3.05, 3.63) is 0 Å². The van der Waals surface area contributed by atoms with Crippen LogP contribution in [0.25, 0.3) is 0 Å². The lowest BCUT2D eigenvalue weighted by atomic mass is 9.44. The normalized spacial score (nSPS) is 58.5. The molecule has 6 rings (SSSR count). The maximum Gasteiger partial charge on any atom is 0.171 e. The van der Waals surface area contributed by atoms with Gasteiger partial charge in [-0.25, -0.2) is 0 Å². The van der Waals surface area contributed by atoms with Gasteiger partial charge in [-0.3, -0.25) is 0 Å². The summed E-state index contributed by atoms with van der Waals surface area (Å²) >= 11 is 0. The van der Waals surface area contributed by atoms with E-state index < -0.39 is 0 Å². The average molecular weight is 429 g/mol. The zero-order valence-electron chi connectivity index (χ0n) is 20.8. The Labute approximate surface area is 191 Å². The van der Waals surface area contributed by atoms with Crippen LogP contribution in [-0.2, 0) is 9.47 Å². The molecule has 2 heterocycles. The molecule has 0 unspecified atom stereocenters. The third kappa shape index (κ3) is 2.88. The van der Waals surface area contributed by atoms with E-state index in [1.807, 2.05) is 0 Å². The molecule has 4 aliphatic carbocycles. The molecule has 6 fully saturated rings. The van der Waals surface area contributed by atoms with E-state index >= 15 is 0 Å². The molecule has 0 amide bonds. The summed E-state index contributed by atoms with van der Waals surface area (Å²) in [6.07, 6.45) is 18.7. The van der Waals surface area contributed by atoms with Gasteiger partial charge in [0.15, 0.2) is 5.79 Å². The predicted molar refractivity (Wildman–Crippen MR) is 126 cm³/mol. The highest BCUT2D eigenvalue weighted by atomic mass is 16.7. The molecule has 2 saturated heterocycles. The molecule has 31 heavy (non-hydrogen) atoms. The zero-order chi connectivity index (χ0) is 21.4. The second-order valence-corrected chi connectivity index (χ2v) is 13.3. The Morgan fingerprint density at radius 2 is 1.68 bits per heavy atom. The van der Waals surface area contributed by atoms with Gasteiger partial charge < -0.3 is 9.47 Å². The van der Waals surface area contributed by atoms with Crippen molar-refractivity contribution in [1.29, 1.82) is 0 Å². The fourth-order valence-corrected chi connectivity index (χ4v) is 10.9. The van der Waals surface area contributed by atoms with Gasteiger partial charge in [0, 0.05) is 12.3 Å². The number of hydrogen-bond donors (Lipinski definition) is 0. The summed E-state index contributed by atoms with van der Waals surface area (Å²) in [7, 11) is 0. The van der Waals surface area contributed by atoms with E-state index in [4.69, 9.17) is 9.47 Å². The van der Waals surface area contributed by atoms with Gasteiger partial charge in [-0.2, -0.15) is 0 Å². The summed E-state index contributed by atoms with van der Waals surface area (Å²) in [4.78, 5) is 0. The molecule has 1 spiro atoms. The van der Waals surface area contributed by atoms with Crippen LogP contribution in [0.4, 0.5) is 0 Å². The van der Waals surface area contributed by atoms with Gasteiger partial charge in [0.05, 0.1) is 12.7 Å². The van der Waals surface area contributed by atoms with E-state index in [9.17, 15) is 0 Å². The van der Waals surface area contributed by atoms with Crippen molar-refractivity contribution >= 4 is 0 Å². The third-order valence-corrected chi connectivity index (χ3v) is 12.5. The molecule has 0 radical (unpaired) electrons. The predicted octanol–water partition coefficient (Wildman–Crippen LogP) is 7.60.